The van der Waals surface area contributed by atoms with E-state index >= 15 is 0 Å². The van der Waals surface area contributed by atoms with E-state index in [0.29, 0.717) is 23.9 Å². The van der Waals surface area contributed by atoms with E-state index in [1.54, 1.807) is 6.92 Å². The molecule has 0 aliphatic rings. The van der Waals surface area contributed by atoms with Crippen molar-refractivity contribution in [2.75, 3.05) is 11.9 Å². The summed E-state index contributed by atoms with van der Waals surface area (Å²) in [6.45, 7) is 8.08. The predicted octanol–water partition coefficient (Wildman–Crippen LogP) is 2.01. The molecule has 0 radical (unpaired) electrons. The van der Waals surface area contributed by atoms with E-state index in [1.165, 1.54) is 0 Å². The molecule has 1 rings (SSSR count). The summed E-state index contributed by atoms with van der Waals surface area (Å²) in [4.78, 5) is 3.96. The van der Waals surface area contributed by atoms with E-state index in [2.05, 4.69) is 16.9 Å². The molecular weight excluding hydrogens is 166 g/mol. The summed E-state index contributed by atoms with van der Waals surface area (Å²) >= 11 is 0. The van der Waals surface area contributed by atoms with E-state index in [-0.39, 0.29) is 5.69 Å². The predicted molar refractivity (Wildman–Crippen MR) is 50.1 cm³/mol. The van der Waals surface area contributed by atoms with Crippen LogP contribution in [0.25, 0.3) is 5.57 Å². The van der Waals surface area contributed by atoms with Gasteiger partial charge in [-0.3, -0.25) is 0 Å². The Balaban J connectivity index is 3.06. The highest BCUT2D eigenvalue weighted by molar-refractivity contribution is 5.57. The fourth-order valence-corrected chi connectivity index (χ4v) is 0.859. The van der Waals surface area contributed by atoms with Crippen molar-refractivity contribution in [2.24, 2.45) is 0 Å². The Morgan fingerprint density at radius 2 is 2.46 bits per heavy atom. The molecule has 1 aromatic rings. The number of allylic oxidation sites excluding steroid dienone is 1. The van der Waals surface area contributed by atoms with E-state index in [1.807, 2.05) is 13.0 Å². The highest BCUT2D eigenvalue weighted by Crippen LogP contribution is 2.20. The first kappa shape index (κ1) is 9.33. The highest BCUT2D eigenvalue weighted by Gasteiger charge is 2.11. The number of aromatic nitrogens is 1. The van der Waals surface area contributed by atoms with Gasteiger partial charge >= 0.3 is 0 Å². The van der Waals surface area contributed by atoms with Crippen LogP contribution < -0.4 is 5.32 Å². The van der Waals surface area contributed by atoms with Crippen molar-refractivity contribution in [2.45, 2.75) is 13.8 Å². The molecule has 0 saturated heterocycles. The maximum absolute atomic E-state index is 8.70. The summed E-state index contributed by atoms with van der Waals surface area (Å²) in [6, 6.07) is 1.95. The SMILES string of the molecule is C=C(C)c1nc(C#N)c(NCC)o1. The Hall–Kier alpha value is -1.76. The van der Waals surface area contributed by atoms with Crippen molar-refractivity contribution in [3.8, 4) is 6.07 Å². The first-order valence-corrected chi connectivity index (χ1v) is 3.99. The smallest absolute Gasteiger partial charge is 0.232 e. The molecule has 0 atom stereocenters. The Morgan fingerprint density at radius 3 is 2.92 bits per heavy atom. The van der Waals surface area contributed by atoms with Crippen molar-refractivity contribution in [1.82, 2.24) is 4.98 Å². The highest BCUT2D eigenvalue weighted by atomic mass is 16.4. The van der Waals surface area contributed by atoms with E-state index in [9.17, 15) is 0 Å². The quantitative estimate of drug-likeness (QED) is 0.767. The Kier molecular flexibility index (Phi) is 2.70. The van der Waals surface area contributed by atoms with Gasteiger partial charge in [0.05, 0.1) is 0 Å². The summed E-state index contributed by atoms with van der Waals surface area (Å²) in [5, 5.41) is 11.6. The van der Waals surface area contributed by atoms with E-state index < -0.39 is 0 Å². The van der Waals surface area contributed by atoms with Gasteiger partial charge in [-0.25, -0.2) is 0 Å². The molecule has 0 amide bonds. The lowest BCUT2D eigenvalue weighted by Gasteiger charge is -1.95. The molecular formula is C9H11N3O. The second kappa shape index (κ2) is 3.76. The zero-order valence-electron chi connectivity index (χ0n) is 7.72. The molecule has 0 unspecified atom stereocenters. The zero-order valence-corrected chi connectivity index (χ0v) is 7.72. The van der Waals surface area contributed by atoms with Crippen LogP contribution in [-0.4, -0.2) is 11.5 Å². The van der Waals surface area contributed by atoms with Gasteiger partial charge in [0.2, 0.25) is 17.5 Å². The van der Waals surface area contributed by atoms with Crippen molar-refractivity contribution in [3.63, 3.8) is 0 Å². The molecule has 0 spiro atoms. The number of anilines is 1. The number of nitriles is 1. The number of hydrogen-bond donors (Lipinski definition) is 1. The first-order chi connectivity index (χ1) is 6.19. The summed E-state index contributed by atoms with van der Waals surface area (Å²) in [5.41, 5.74) is 0.987. The molecule has 1 N–H and O–H groups in total. The summed E-state index contributed by atoms with van der Waals surface area (Å²) in [5.74, 6) is 0.829. The molecule has 0 saturated carbocycles. The third kappa shape index (κ3) is 1.88. The van der Waals surface area contributed by atoms with Crippen LogP contribution in [0.4, 0.5) is 5.88 Å². The summed E-state index contributed by atoms with van der Waals surface area (Å²) in [7, 11) is 0. The normalized spacial score (nSPS) is 9.31. The van der Waals surface area contributed by atoms with Gasteiger partial charge in [0.1, 0.15) is 6.07 Å². The van der Waals surface area contributed by atoms with Gasteiger partial charge in [0.25, 0.3) is 0 Å². The maximum atomic E-state index is 8.70. The van der Waals surface area contributed by atoms with Gasteiger partial charge in [-0.05, 0) is 13.8 Å². The van der Waals surface area contributed by atoms with Gasteiger partial charge in [0.15, 0.2) is 0 Å². The van der Waals surface area contributed by atoms with Crippen LogP contribution in [0.2, 0.25) is 0 Å². The molecule has 0 aliphatic carbocycles. The van der Waals surface area contributed by atoms with Crippen LogP contribution in [0.15, 0.2) is 11.0 Å². The standard InChI is InChI=1S/C9H11N3O/c1-4-11-9-7(5-10)12-8(13-9)6(2)3/h11H,2,4H2,1,3H3. The number of nitrogens with zero attached hydrogens (tertiary/aromatic N) is 2. The molecule has 13 heavy (non-hydrogen) atoms. The average Bonchev–Trinajstić information content (AvgIpc) is 2.48. The summed E-state index contributed by atoms with van der Waals surface area (Å²) in [6.07, 6.45) is 0. The molecule has 0 fully saturated rings. The van der Waals surface area contributed by atoms with Crippen LogP contribution in [0.3, 0.4) is 0 Å². The van der Waals surface area contributed by atoms with Gasteiger partial charge in [-0.2, -0.15) is 10.2 Å². The fraction of sp³-hybridized carbons (Fsp3) is 0.333. The molecule has 4 heteroatoms. The van der Waals surface area contributed by atoms with Crippen LogP contribution in [-0.2, 0) is 0 Å². The Bertz CT molecular complexity index is 359. The Morgan fingerprint density at radius 1 is 1.77 bits per heavy atom. The molecule has 0 aromatic carbocycles. The van der Waals surface area contributed by atoms with Crippen LogP contribution in [0.1, 0.15) is 25.4 Å². The van der Waals surface area contributed by atoms with Crippen molar-refractivity contribution >= 4 is 11.5 Å². The fourth-order valence-electron chi connectivity index (χ4n) is 0.859. The monoisotopic (exact) mass is 177 g/mol. The number of oxazole rings is 1. The second-order valence-electron chi connectivity index (χ2n) is 2.62. The number of rotatable bonds is 3. The third-order valence-electron chi connectivity index (χ3n) is 1.44. The number of hydrogen-bond acceptors (Lipinski definition) is 4. The zero-order chi connectivity index (χ0) is 9.84. The lowest BCUT2D eigenvalue weighted by atomic mass is 10.3. The minimum Gasteiger partial charge on any atom is -0.420 e. The van der Waals surface area contributed by atoms with Crippen LogP contribution >= 0.6 is 0 Å². The molecule has 0 aliphatic heterocycles. The van der Waals surface area contributed by atoms with Crippen LogP contribution in [0, 0.1) is 11.3 Å². The lowest BCUT2D eigenvalue weighted by molar-refractivity contribution is 0.554. The molecule has 1 heterocycles. The van der Waals surface area contributed by atoms with Crippen LogP contribution in [0.5, 0.6) is 0 Å². The van der Waals surface area contributed by atoms with Gasteiger partial charge in [0, 0.05) is 12.1 Å². The Labute approximate surface area is 76.9 Å². The van der Waals surface area contributed by atoms with Gasteiger partial charge in [-0.15, -0.1) is 0 Å². The second-order valence-corrected chi connectivity index (χ2v) is 2.62. The van der Waals surface area contributed by atoms with Gasteiger partial charge in [-0.1, -0.05) is 6.58 Å². The van der Waals surface area contributed by atoms with Crippen molar-refractivity contribution < 1.29 is 4.42 Å². The largest absolute Gasteiger partial charge is 0.420 e. The summed E-state index contributed by atoms with van der Waals surface area (Å²) < 4.78 is 5.26. The molecule has 0 bridgehead atoms. The van der Waals surface area contributed by atoms with E-state index in [0.717, 1.165) is 0 Å². The third-order valence-corrected chi connectivity index (χ3v) is 1.44. The van der Waals surface area contributed by atoms with E-state index in [4.69, 9.17) is 9.68 Å². The minimum atomic E-state index is 0.278. The van der Waals surface area contributed by atoms with Gasteiger partial charge < -0.3 is 9.73 Å². The molecule has 4 nitrogen and oxygen atoms in total. The maximum Gasteiger partial charge on any atom is 0.232 e. The van der Waals surface area contributed by atoms with Crippen molar-refractivity contribution in [1.29, 1.82) is 5.26 Å². The minimum absolute atomic E-state index is 0.278. The average molecular weight is 177 g/mol. The topological polar surface area (TPSA) is 61.9 Å². The first-order valence-electron chi connectivity index (χ1n) is 3.99. The number of nitrogens with one attached hydrogen (secondary N) is 1. The molecule has 1 aromatic heterocycles. The van der Waals surface area contributed by atoms with Crippen molar-refractivity contribution in [3.05, 3.63) is 18.2 Å². The molecule has 68 valence electrons. The lowest BCUT2D eigenvalue weighted by Crippen LogP contribution is -1.96.